The van der Waals surface area contributed by atoms with Crippen LogP contribution in [0.1, 0.15) is 35.7 Å². The third-order valence-corrected chi connectivity index (χ3v) is 2.46. The highest BCUT2D eigenvalue weighted by molar-refractivity contribution is 7.80. The summed E-state index contributed by atoms with van der Waals surface area (Å²) in [5.74, 6) is -0.0773. The molecule has 0 bridgehead atoms. The lowest BCUT2D eigenvalue weighted by Crippen LogP contribution is -2.24. The van der Waals surface area contributed by atoms with Crippen LogP contribution in [0.2, 0.25) is 0 Å². The molecular formula is C12H16N2OS. The summed E-state index contributed by atoms with van der Waals surface area (Å²) < 4.78 is 0. The van der Waals surface area contributed by atoms with E-state index in [9.17, 15) is 4.79 Å². The maximum absolute atomic E-state index is 11.7. The number of thiocarbonyl (C=S) groups is 1. The van der Waals surface area contributed by atoms with Crippen LogP contribution in [-0.4, -0.2) is 17.4 Å². The Hall–Kier alpha value is -1.42. The molecule has 3 nitrogen and oxygen atoms in total. The first-order valence-electron chi connectivity index (χ1n) is 5.33. The molecule has 0 aliphatic carbocycles. The van der Waals surface area contributed by atoms with Crippen LogP contribution in [0.4, 0.5) is 0 Å². The molecule has 0 unspecified atom stereocenters. The summed E-state index contributed by atoms with van der Waals surface area (Å²) in [5.41, 5.74) is 6.82. The van der Waals surface area contributed by atoms with E-state index in [1.165, 1.54) is 0 Å². The highest BCUT2D eigenvalue weighted by atomic mass is 32.1. The van der Waals surface area contributed by atoms with Crippen molar-refractivity contribution in [2.75, 3.05) is 6.54 Å². The SMILES string of the molecule is CCCCNC(=O)c1cccc(C(N)=S)c1. The zero-order valence-corrected chi connectivity index (χ0v) is 10.1. The summed E-state index contributed by atoms with van der Waals surface area (Å²) in [4.78, 5) is 12.0. The number of nitrogens with one attached hydrogen (secondary N) is 1. The first-order chi connectivity index (χ1) is 7.65. The van der Waals surface area contributed by atoms with Crippen LogP contribution in [0.3, 0.4) is 0 Å². The molecule has 0 spiro atoms. The van der Waals surface area contributed by atoms with Gasteiger partial charge in [0.15, 0.2) is 0 Å². The average Bonchev–Trinajstić information content (AvgIpc) is 2.29. The fraction of sp³-hybridized carbons (Fsp3) is 0.333. The van der Waals surface area contributed by atoms with E-state index >= 15 is 0 Å². The summed E-state index contributed by atoms with van der Waals surface area (Å²) in [6, 6.07) is 7.04. The third kappa shape index (κ3) is 3.62. The predicted molar refractivity (Wildman–Crippen MR) is 69.6 cm³/mol. The Kier molecular flexibility index (Phi) is 4.92. The number of carbonyl (C=O) groups excluding carboxylic acids is 1. The van der Waals surface area contributed by atoms with Gasteiger partial charge in [-0.05, 0) is 18.6 Å². The van der Waals surface area contributed by atoms with Gasteiger partial charge in [0.1, 0.15) is 4.99 Å². The van der Waals surface area contributed by atoms with E-state index in [4.69, 9.17) is 18.0 Å². The number of hydrogen-bond acceptors (Lipinski definition) is 2. The number of nitrogens with two attached hydrogens (primary N) is 1. The minimum Gasteiger partial charge on any atom is -0.389 e. The summed E-state index contributed by atoms with van der Waals surface area (Å²) in [7, 11) is 0. The number of unbranched alkanes of at least 4 members (excludes halogenated alkanes) is 1. The molecule has 86 valence electrons. The monoisotopic (exact) mass is 236 g/mol. The second-order valence-corrected chi connectivity index (χ2v) is 3.99. The quantitative estimate of drug-likeness (QED) is 0.606. The van der Waals surface area contributed by atoms with Crippen LogP contribution in [0.15, 0.2) is 24.3 Å². The van der Waals surface area contributed by atoms with Gasteiger partial charge in [0.2, 0.25) is 0 Å². The molecule has 1 rings (SSSR count). The molecule has 0 aromatic heterocycles. The Morgan fingerprint density at radius 2 is 2.12 bits per heavy atom. The molecule has 0 aliphatic rings. The zero-order chi connectivity index (χ0) is 12.0. The minimum absolute atomic E-state index is 0.0773. The number of benzene rings is 1. The van der Waals surface area contributed by atoms with Crippen LogP contribution in [-0.2, 0) is 0 Å². The topological polar surface area (TPSA) is 55.1 Å². The van der Waals surface area contributed by atoms with Gasteiger partial charge in [0, 0.05) is 17.7 Å². The van der Waals surface area contributed by atoms with Crippen molar-refractivity contribution in [1.82, 2.24) is 5.32 Å². The van der Waals surface area contributed by atoms with Crippen molar-refractivity contribution >= 4 is 23.1 Å². The molecule has 1 aromatic rings. The zero-order valence-electron chi connectivity index (χ0n) is 9.32. The number of hydrogen-bond donors (Lipinski definition) is 2. The standard InChI is InChI=1S/C12H16N2OS/c1-2-3-7-14-12(15)10-6-4-5-9(8-10)11(13)16/h4-6,8H,2-3,7H2,1H3,(H2,13,16)(H,14,15). The van der Waals surface area contributed by atoms with Crippen LogP contribution in [0.25, 0.3) is 0 Å². The average molecular weight is 236 g/mol. The normalized spacial score (nSPS) is 9.81. The molecule has 0 fully saturated rings. The molecule has 3 N–H and O–H groups in total. The van der Waals surface area contributed by atoms with Gasteiger partial charge in [-0.15, -0.1) is 0 Å². The maximum atomic E-state index is 11.7. The van der Waals surface area contributed by atoms with E-state index in [1.54, 1.807) is 24.3 Å². The Morgan fingerprint density at radius 1 is 1.44 bits per heavy atom. The van der Waals surface area contributed by atoms with Crippen LogP contribution in [0, 0.1) is 0 Å². The maximum Gasteiger partial charge on any atom is 0.251 e. The number of amides is 1. The summed E-state index contributed by atoms with van der Waals surface area (Å²) in [5, 5.41) is 2.84. The number of carbonyl (C=O) groups is 1. The second kappa shape index (κ2) is 6.23. The largest absolute Gasteiger partial charge is 0.389 e. The van der Waals surface area contributed by atoms with E-state index in [1.807, 2.05) is 0 Å². The van der Waals surface area contributed by atoms with Crippen molar-refractivity contribution < 1.29 is 4.79 Å². The van der Waals surface area contributed by atoms with Gasteiger partial charge < -0.3 is 11.1 Å². The van der Waals surface area contributed by atoms with Gasteiger partial charge in [-0.1, -0.05) is 37.7 Å². The Bertz CT molecular complexity index is 390. The molecule has 16 heavy (non-hydrogen) atoms. The van der Waals surface area contributed by atoms with E-state index in [0.717, 1.165) is 18.4 Å². The Balaban J connectivity index is 2.68. The number of rotatable bonds is 5. The van der Waals surface area contributed by atoms with Gasteiger partial charge in [0.05, 0.1) is 0 Å². The second-order valence-electron chi connectivity index (χ2n) is 3.55. The molecule has 4 heteroatoms. The molecule has 0 heterocycles. The third-order valence-electron chi connectivity index (χ3n) is 2.23. The van der Waals surface area contributed by atoms with Crippen molar-refractivity contribution in [2.45, 2.75) is 19.8 Å². The molecule has 0 saturated heterocycles. The van der Waals surface area contributed by atoms with E-state index in [-0.39, 0.29) is 5.91 Å². The smallest absolute Gasteiger partial charge is 0.251 e. The van der Waals surface area contributed by atoms with E-state index in [2.05, 4.69) is 12.2 Å². The van der Waals surface area contributed by atoms with Crippen molar-refractivity contribution in [2.24, 2.45) is 5.73 Å². The lowest BCUT2D eigenvalue weighted by atomic mass is 10.1. The van der Waals surface area contributed by atoms with E-state index < -0.39 is 0 Å². The van der Waals surface area contributed by atoms with Gasteiger partial charge in [0.25, 0.3) is 5.91 Å². The van der Waals surface area contributed by atoms with Gasteiger partial charge in [-0.2, -0.15) is 0 Å². The molecule has 1 amide bonds. The van der Waals surface area contributed by atoms with Crippen LogP contribution in [0.5, 0.6) is 0 Å². The summed E-state index contributed by atoms with van der Waals surface area (Å²) in [6.45, 7) is 2.78. The van der Waals surface area contributed by atoms with Gasteiger partial charge in [-0.25, -0.2) is 0 Å². The fourth-order valence-corrected chi connectivity index (χ4v) is 1.42. The first-order valence-corrected chi connectivity index (χ1v) is 5.74. The predicted octanol–water partition coefficient (Wildman–Crippen LogP) is 1.85. The minimum atomic E-state index is -0.0773. The highest BCUT2D eigenvalue weighted by Crippen LogP contribution is 2.05. The van der Waals surface area contributed by atoms with Gasteiger partial charge in [-0.3, -0.25) is 4.79 Å². The molecule has 0 saturated carbocycles. The molecular weight excluding hydrogens is 220 g/mol. The van der Waals surface area contributed by atoms with Crippen molar-refractivity contribution in [3.63, 3.8) is 0 Å². The summed E-state index contributed by atoms with van der Waals surface area (Å²) in [6.07, 6.45) is 2.05. The van der Waals surface area contributed by atoms with Crippen molar-refractivity contribution in [3.05, 3.63) is 35.4 Å². The lowest BCUT2D eigenvalue weighted by molar-refractivity contribution is 0.0953. The molecule has 1 aromatic carbocycles. The molecule has 0 radical (unpaired) electrons. The van der Waals surface area contributed by atoms with E-state index in [0.29, 0.717) is 17.1 Å². The Labute approximate surface area is 101 Å². The molecule has 0 atom stereocenters. The fourth-order valence-electron chi connectivity index (χ4n) is 1.29. The highest BCUT2D eigenvalue weighted by Gasteiger charge is 2.05. The van der Waals surface area contributed by atoms with Crippen LogP contribution >= 0.6 is 12.2 Å². The van der Waals surface area contributed by atoms with Crippen molar-refractivity contribution in [3.8, 4) is 0 Å². The Morgan fingerprint density at radius 3 is 2.75 bits per heavy atom. The van der Waals surface area contributed by atoms with Crippen molar-refractivity contribution in [1.29, 1.82) is 0 Å². The molecule has 0 aliphatic heterocycles. The summed E-state index contributed by atoms with van der Waals surface area (Å²) >= 11 is 4.86. The van der Waals surface area contributed by atoms with Gasteiger partial charge >= 0.3 is 0 Å². The first kappa shape index (κ1) is 12.6. The van der Waals surface area contributed by atoms with Crippen LogP contribution < -0.4 is 11.1 Å². The lowest BCUT2D eigenvalue weighted by Gasteiger charge is -2.05.